The Labute approximate surface area is 108 Å². The molecule has 0 radical (unpaired) electrons. The number of halogens is 1. The van der Waals surface area contributed by atoms with Gasteiger partial charge in [-0.15, -0.1) is 0 Å². The molecular weight excluding hydrogens is 253 g/mol. The Kier molecular flexibility index (Phi) is 5.28. The molecule has 0 bridgehead atoms. The van der Waals surface area contributed by atoms with Gasteiger partial charge in [0, 0.05) is 17.4 Å². The summed E-state index contributed by atoms with van der Waals surface area (Å²) in [5.74, 6) is -0.0629. The SMILES string of the molecule is CCS(=O)(=O)CCCC(N)c1ccc(C)cc1F. The first-order valence-corrected chi connectivity index (χ1v) is 7.90. The molecule has 0 amide bonds. The second kappa shape index (κ2) is 6.29. The van der Waals surface area contributed by atoms with Crippen LogP contribution in [-0.4, -0.2) is 19.9 Å². The van der Waals surface area contributed by atoms with Crippen molar-refractivity contribution in [3.8, 4) is 0 Å². The monoisotopic (exact) mass is 273 g/mol. The van der Waals surface area contributed by atoms with E-state index in [4.69, 9.17) is 5.73 Å². The lowest BCUT2D eigenvalue weighted by molar-refractivity contribution is 0.554. The van der Waals surface area contributed by atoms with Crippen LogP contribution in [0.5, 0.6) is 0 Å². The highest BCUT2D eigenvalue weighted by Crippen LogP contribution is 2.20. The van der Waals surface area contributed by atoms with Gasteiger partial charge in [-0.2, -0.15) is 0 Å². The van der Waals surface area contributed by atoms with E-state index in [0.29, 0.717) is 18.4 Å². The second-order valence-corrected chi connectivity index (χ2v) is 6.98. The maximum Gasteiger partial charge on any atom is 0.150 e. The quantitative estimate of drug-likeness (QED) is 0.865. The molecule has 0 fully saturated rings. The first-order valence-electron chi connectivity index (χ1n) is 6.08. The summed E-state index contributed by atoms with van der Waals surface area (Å²) in [6.45, 7) is 3.43. The number of nitrogens with two attached hydrogens (primary N) is 1. The molecule has 0 heterocycles. The van der Waals surface area contributed by atoms with E-state index in [9.17, 15) is 12.8 Å². The minimum absolute atomic E-state index is 0.116. The van der Waals surface area contributed by atoms with Crippen molar-refractivity contribution >= 4 is 9.84 Å². The van der Waals surface area contributed by atoms with Gasteiger partial charge in [0.15, 0.2) is 0 Å². The predicted octanol–water partition coefficient (Wildman–Crippen LogP) is 2.35. The van der Waals surface area contributed by atoms with Crippen LogP contribution in [0.1, 0.15) is 36.9 Å². The Balaban J connectivity index is 2.58. The lowest BCUT2D eigenvalue weighted by Gasteiger charge is -2.13. The molecule has 0 aliphatic rings. The molecule has 1 atom stereocenters. The average molecular weight is 273 g/mol. The summed E-state index contributed by atoms with van der Waals surface area (Å²) in [5, 5.41) is 0. The molecule has 1 unspecified atom stereocenters. The predicted molar refractivity (Wildman–Crippen MR) is 71.6 cm³/mol. The smallest absolute Gasteiger partial charge is 0.150 e. The number of aryl methyl sites for hydroxylation is 1. The van der Waals surface area contributed by atoms with Crippen LogP contribution < -0.4 is 5.73 Å². The molecule has 1 aromatic rings. The number of rotatable bonds is 6. The molecule has 0 aromatic heterocycles. The van der Waals surface area contributed by atoms with Gasteiger partial charge < -0.3 is 5.73 Å². The van der Waals surface area contributed by atoms with E-state index in [1.807, 2.05) is 6.92 Å². The molecule has 102 valence electrons. The fourth-order valence-electron chi connectivity index (χ4n) is 1.76. The summed E-state index contributed by atoms with van der Waals surface area (Å²) in [6, 6.07) is 4.47. The van der Waals surface area contributed by atoms with Gasteiger partial charge in [0.05, 0.1) is 5.75 Å². The van der Waals surface area contributed by atoms with Crippen molar-refractivity contribution in [3.63, 3.8) is 0 Å². The zero-order valence-electron chi connectivity index (χ0n) is 10.8. The lowest BCUT2D eigenvalue weighted by atomic mass is 10.0. The molecule has 0 spiro atoms. The van der Waals surface area contributed by atoms with Crippen molar-refractivity contribution in [2.24, 2.45) is 5.73 Å². The molecule has 0 saturated carbocycles. The van der Waals surface area contributed by atoms with Crippen LogP contribution in [0, 0.1) is 12.7 Å². The van der Waals surface area contributed by atoms with E-state index in [1.54, 1.807) is 19.1 Å². The Hall–Kier alpha value is -0.940. The third-order valence-corrected chi connectivity index (χ3v) is 4.76. The summed E-state index contributed by atoms with van der Waals surface area (Å²) in [7, 11) is -2.96. The molecule has 18 heavy (non-hydrogen) atoms. The lowest BCUT2D eigenvalue weighted by Crippen LogP contribution is -2.15. The summed E-state index contributed by atoms with van der Waals surface area (Å²) in [5.41, 5.74) is 7.18. The van der Waals surface area contributed by atoms with Crippen molar-refractivity contribution in [2.45, 2.75) is 32.7 Å². The van der Waals surface area contributed by atoms with Crippen LogP contribution in [0.2, 0.25) is 0 Å². The molecule has 0 saturated heterocycles. The van der Waals surface area contributed by atoms with Crippen LogP contribution in [0.15, 0.2) is 18.2 Å². The standard InChI is InChI=1S/C13H20FNO2S/c1-3-18(16,17)8-4-5-13(15)11-7-6-10(2)9-12(11)14/h6-7,9,13H,3-5,8,15H2,1-2H3. The van der Waals surface area contributed by atoms with Crippen LogP contribution in [-0.2, 0) is 9.84 Å². The fourth-order valence-corrected chi connectivity index (χ4v) is 2.65. The number of hydrogen-bond donors (Lipinski definition) is 1. The van der Waals surface area contributed by atoms with Crippen LogP contribution in [0.25, 0.3) is 0 Å². The first-order chi connectivity index (χ1) is 8.35. The number of benzene rings is 1. The van der Waals surface area contributed by atoms with Gasteiger partial charge in [-0.05, 0) is 31.4 Å². The zero-order valence-corrected chi connectivity index (χ0v) is 11.6. The minimum atomic E-state index is -2.96. The molecule has 0 aliphatic carbocycles. The molecule has 5 heteroatoms. The highest BCUT2D eigenvalue weighted by atomic mass is 32.2. The van der Waals surface area contributed by atoms with Gasteiger partial charge >= 0.3 is 0 Å². The average Bonchev–Trinajstić information content (AvgIpc) is 2.28. The van der Waals surface area contributed by atoms with Crippen molar-refractivity contribution in [2.75, 3.05) is 11.5 Å². The first kappa shape index (κ1) is 15.1. The van der Waals surface area contributed by atoms with E-state index in [1.165, 1.54) is 6.07 Å². The summed E-state index contributed by atoms with van der Waals surface area (Å²) in [4.78, 5) is 0. The van der Waals surface area contributed by atoms with E-state index in [0.717, 1.165) is 5.56 Å². The highest BCUT2D eigenvalue weighted by molar-refractivity contribution is 7.91. The van der Waals surface area contributed by atoms with Gasteiger partial charge in [0.25, 0.3) is 0 Å². The minimum Gasteiger partial charge on any atom is -0.324 e. The molecule has 1 aromatic carbocycles. The third kappa shape index (κ3) is 4.38. The summed E-state index contributed by atoms with van der Waals surface area (Å²) >= 11 is 0. The molecule has 1 rings (SSSR count). The molecule has 3 nitrogen and oxygen atoms in total. The zero-order chi connectivity index (χ0) is 13.8. The van der Waals surface area contributed by atoms with Gasteiger partial charge in [-0.25, -0.2) is 12.8 Å². The van der Waals surface area contributed by atoms with Gasteiger partial charge in [0.1, 0.15) is 15.7 Å². The van der Waals surface area contributed by atoms with E-state index in [-0.39, 0.29) is 17.3 Å². The third-order valence-electron chi connectivity index (χ3n) is 2.97. The normalized spacial score (nSPS) is 13.6. The molecule has 0 aliphatic heterocycles. The van der Waals surface area contributed by atoms with Crippen molar-refractivity contribution < 1.29 is 12.8 Å². The van der Waals surface area contributed by atoms with E-state index >= 15 is 0 Å². The van der Waals surface area contributed by atoms with Crippen molar-refractivity contribution in [1.82, 2.24) is 0 Å². The molecule has 2 N–H and O–H groups in total. The van der Waals surface area contributed by atoms with Crippen molar-refractivity contribution in [3.05, 3.63) is 35.1 Å². The topological polar surface area (TPSA) is 60.2 Å². The maximum absolute atomic E-state index is 13.6. The molecular formula is C13H20FNO2S. The van der Waals surface area contributed by atoms with Crippen LogP contribution in [0.4, 0.5) is 4.39 Å². The maximum atomic E-state index is 13.6. The second-order valence-electron chi connectivity index (χ2n) is 4.51. The summed E-state index contributed by atoms with van der Waals surface area (Å²) in [6.07, 6.45) is 0.934. The summed E-state index contributed by atoms with van der Waals surface area (Å²) < 4.78 is 36.3. The van der Waals surface area contributed by atoms with Gasteiger partial charge in [-0.1, -0.05) is 19.1 Å². The number of hydrogen-bond acceptors (Lipinski definition) is 3. The largest absolute Gasteiger partial charge is 0.324 e. The van der Waals surface area contributed by atoms with Crippen LogP contribution >= 0.6 is 0 Å². The van der Waals surface area contributed by atoms with Crippen LogP contribution in [0.3, 0.4) is 0 Å². The number of sulfone groups is 1. The highest BCUT2D eigenvalue weighted by Gasteiger charge is 2.13. The van der Waals surface area contributed by atoms with Crippen molar-refractivity contribution in [1.29, 1.82) is 0 Å². The van der Waals surface area contributed by atoms with E-state index in [2.05, 4.69) is 0 Å². The fraction of sp³-hybridized carbons (Fsp3) is 0.538. The Bertz CT molecular complexity index is 500. The van der Waals surface area contributed by atoms with Gasteiger partial charge in [-0.3, -0.25) is 0 Å². The Morgan fingerprint density at radius 3 is 2.61 bits per heavy atom. The Morgan fingerprint density at radius 2 is 2.06 bits per heavy atom. The Morgan fingerprint density at radius 1 is 1.39 bits per heavy atom. The van der Waals surface area contributed by atoms with E-state index < -0.39 is 15.9 Å². The van der Waals surface area contributed by atoms with Gasteiger partial charge in [0.2, 0.25) is 0 Å².